The summed E-state index contributed by atoms with van der Waals surface area (Å²) in [7, 11) is 0. The van der Waals surface area contributed by atoms with E-state index < -0.39 is 0 Å². The fourth-order valence-corrected chi connectivity index (χ4v) is 3.71. The minimum absolute atomic E-state index is 0. The summed E-state index contributed by atoms with van der Waals surface area (Å²) in [6.07, 6.45) is 16.5. The molecule has 0 aliphatic heterocycles. The third-order valence-electron chi connectivity index (χ3n) is 4.82. The van der Waals surface area contributed by atoms with Gasteiger partial charge in [0.25, 0.3) is 0 Å². The van der Waals surface area contributed by atoms with Crippen molar-refractivity contribution in [2.24, 2.45) is 10.8 Å². The molecule has 133 valence electrons. The molecule has 0 heterocycles. The largest absolute Gasteiger partial charge is 3.00 e. The van der Waals surface area contributed by atoms with Gasteiger partial charge in [-0.15, -0.1) is 6.42 Å². The maximum Gasteiger partial charge on any atom is 3.00 e. The van der Waals surface area contributed by atoms with Crippen LogP contribution < -0.4 is 24.8 Å². The first kappa shape index (κ1) is 26.4. The van der Waals surface area contributed by atoms with Crippen molar-refractivity contribution >= 4 is 0 Å². The average molecular weight is 404 g/mol. The van der Waals surface area contributed by atoms with E-state index in [1.165, 1.54) is 11.1 Å². The van der Waals surface area contributed by atoms with Gasteiger partial charge in [-0.2, -0.15) is 6.08 Å². The predicted octanol–water partition coefficient (Wildman–Crippen LogP) is -0.585. The molecule has 0 bridgehead atoms. The van der Waals surface area contributed by atoms with Crippen LogP contribution in [0.15, 0.2) is 41.5 Å². The zero-order valence-corrected chi connectivity index (χ0v) is 18.7. The van der Waals surface area contributed by atoms with E-state index in [1.807, 2.05) is 0 Å². The SMILES string of the molecule is CCOC1(C(C)(C)C2=[C-]CC=C2)CC=CC=C1C(C)(C)C.[Cl-].[Cl-].[Ti+3]. The topological polar surface area (TPSA) is 9.23 Å². The molecule has 0 saturated carbocycles. The Labute approximate surface area is 175 Å². The molecule has 2 aliphatic rings. The molecule has 0 saturated heterocycles. The zero-order chi connectivity index (χ0) is 15.7. The van der Waals surface area contributed by atoms with E-state index in [2.05, 4.69) is 78.0 Å². The van der Waals surface area contributed by atoms with Gasteiger partial charge in [-0.05, 0) is 29.7 Å². The van der Waals surface area contributed by atoms with E-state index in [1.54, 1.807) is 0 Å². The predicted molar refractivity (Wildman–Crippen MR) is 89.9 cm³/mol. The van der Waals surface area contributed by atoms with Crippen molar-refractivity contribution < 1.29 is 51.3 Å². The maximum absolute atomic E-state index is 6.47. The molecule has 0 amide bonds. The summed E-state index contributed by atoms with van der Waals surface area (Å²) in [6, 6.07) is 0. The molecule has 0 aromatic rings. The van der Waals surface area contributed by atoms with Crippen molar-refractivity contribution in [1.29, 1.82) is 0 Å². The van der Waals surface area contributed by atoms with Crippen LogP contribution in [-0.2, 0) is 26.5 Å². The van der Waals surface area contributed by atoms with Gasteiger partial charge in [0.1, 0.15) is 0 Å². The summed E-state index contributed by atoms with van der Waals surface area (Å²) >= 11 is 0. The second-order valence-electron chi connectivity index (χ2n) is 7.54. The van der Waals surface area contributed by atoms with Crippen molar-refractivity contribution in [3.05, 3.63) is 47.6 Å². The quantitative estimate of drug-likeness (QED) is 0.450. The van der Waals surface area contributed by atoms with E-state index in [4.69, 9.17) is 4.74 Å². The smallest absolute Gasteiger partial charge is 1.00 e. The van der Waals surface area contributed by atoms with E-state index in [0.29, 0.717) is 0 Å². The van der Waals surface area contributed by atoms with Crippen LogP contribution >= 0.6 is 0 Å². The molecular weight excluding hydrogens is 375 g/mol. The van der Waals surface area contributed by atoms with E-state index in [9.17, 15) is 0 Å². The van der Waals surface area contributed by atoms with Gasteiger partial charge in [0.2, 0.25) is 0 Å². The number of ether oxygens (including phenoxy) is 1. The van der Waals surface area contributed by atoms with Crippen LogP contribution in [0, 0.1) is 16.9 Å². The second kappa shape index (κ2) is 9.79. The monoisotopic (exact) mass is 403 g/mol. The number of hydrogen-bond donors (Lipinski definition) is 0. The van der Waals surface area contributed by atoms with Gasteiger partial charge in [0, 0.05) is 6.61 Å². The van der Waals surface area contributed by atoms with Crippen molar-refractivity contribution in [3.63, 3.8) is 0 Å². The van der Waals surface area contributed by atoms with Crippen LogP contribution in [-0.4, -0.2) is 12.2 Å². The normalized spacial score (nSPS) is 22.8. The molecule has 0 N–H and O–H groups in total. The van der Waals surface area contributed by atoms with Gasteiger partial charge in [-0.3, -0.25) is 6.08 Å². The van der Waals surface area contributed by atoms with Gasteiger partial charge in [0.05, 0.1) is 5.60 Å². The summed E-state index contributed by atoms with van der Waals surface area (Å²) in [4.78, 5) is 0. The molecule has 4 heteroatoms. The fraction of sp³-hybridized carbons (Fsp3) is 0.600. The number of allylic oxidation sites excluding steroid dienone is 5. The zero-order valence-electron chi connectivity index (χ0n) is 15.7. The van der Waals surface area contributed by atoms with Crippen molar-refractivity contribution in [3.8, 4) is 0 Å². The molecule has 2 aliphatic carbocycles. The summed E-state index contributed by atoms with van der Waals surface area (Å²) in [5, 5.41) is 0. The van der Waals surface area contributed by atoms with E-state index >= 15 is 0 Å². The standard InChI is InChI=1S/C20H29O.2ClH.Ti/c1-7-21-20(19(5,6)16-12-8-9-13-16)15-11-10-14-17(20)18(2,3)4;;;/h8,10-12,14H,7,9,15H2,1-6H3;2*1H;/q-1;;;+3/p-2. The van der Waals surface area contributed by atoms with Gasteiger partial charge >= 0.3 is 21.7 Å². The number of hydrogen-bond acceptors (Lipinski definition) is 1. The Kier molecular flexibility index (Phi) is 10.8. The Morgan fingerprint density at radius 3 is 2.21 bits per heavy atom. The van der Waals surface area contributed by atoms with E-state index in [-0.39, 0.29) is 63.0 Å². The van der Waals surface area contributed by atoms with Crippen LogP contribution in [0.4, 0.5) is 0 Å². The summed E-state index contributed by atoms with van der Waals surface area (Å²) < 4.78 is 6.47. The van der Waals surface area contributed by atoms with E-state index in [0.717, 1.165) is 19.4 Å². The molecule has 1 radical (unpaired) electrons. The molecule has 1 atom stereocenters. The Bertz CT molecular complexity index is 524. The third-order valence-corrected chi connectivity index (χ3v) is 4.82. The van der Waals surface area contributed by atoms with Gasteiger partial charge in [0.15, 0.2) is 0 Å². The van der Waals surface area contributed by atoms with Crippen LogP contribution in [0.3, 0.4) is 0 Å². The molecule has 1 nitrogen and oxygen atoms in total. The first-order valence-corrected chi connectivity index (χ1v) is 8.05. The molecular formula is C20H29Cl2OTi. The number of rotatable bonds is 4. The van der Waals surface area contributed by atoms with Crippen LogP contribution in [0.1, 0.15) is 54.4 Å². The molecule has 0 fully saturated rings. The Morgan fingerprint density at radius 1 is 1.12 bits per heavy atom. The number of halogens is 2. The Morgan fingerprint density at radius 2 is 1.75 bits per heavy atom. The van der Waals surface area contributed by atoms with Crippen LogP contribution in [0.5, 0.6) is 0 Å². The van der Waals surface area contributed by atoms with Crippen LogP contribution in [0.25, 0.3) is 0 Å². The van der Waals surface area contributed by atoms with Gasteiger partial charge in [-0.1, -0.05) is 52.8 Å². The molecule has 0 spiro atoms. The van der Waals surface area contributed by atoms with Crippen molar-refractivity contribution in [2.45, 2.75) is 60.0 Å². The van der Waals surface area contributed by atoms with Crippen molar-refractivity contribution in [1.82, 2.24) is 0 Å². The van der Waals surface area contributed by atoms with Crippen molar-refractivity contribution in [2.75, 3.05) is 6.61 Å². The fourth-order valence-electron chi connectivity index (χ4n) is 3.71. The average Bonchev–Trinajstić information content (AvgIpc) is 2.92. The van der Waals surface area contributed by atoms with Crippen LogP contribution in [0.2, 0.25) is 0 Å². The first-order chi connectivity index (χ1) is 9.75. The molecule has 1 unspecified atom stereocenters. The summed E-state index contributed by atoms with van der Waals surface area (Å²) in [6.45, 7) is 14.3. The first-order valence-electron chi connectivity index (χ1n) is 8.05. The molecule has 2 rings (SSSR count). The third kappa shape index (κ3) is 4.68. The Hall–Kier alpha value is 0.214. The summed E-state index contributed by atoms with van der Waals surface area (Å²) in [5.41, 5.74) is 2.37. The maximum atomic E-state index is 6.47. The Balaban J connectivity index is 0. The van der Waals surface area contributed by atoms with Gasteiger partial charge < -0.3 is 29.6 Å². The molecule has 0 aromatic carbocycles. The minimum atomic E-state index is -0.286. The minimum Gasteiger partial charge on any atom is -1.00 e. The molecule has 24 heavy (non-hydrogen) atoms. The second-order valence-corrected chi connectivity index (χ2v) is 7.54. The summed E-state index contributed by atoms with van der Waals surface area (Å²) in [5.74, 6) is 0. The molecule has 0 aromatic heterocycles. The van der Waals surface area contributed by atoms with Gasteiger partial charge in [-0.25, -0.2) is 11.6 Å².